The van der Waals surface area contributed by atoms with Gasteiger partial charge in [0.25, 0.3) is 0 Å². The lowest BCUT2D eigenvalue weighted by Gasteiger charge is -2.32. The van der Waals surface area contributed by atoms with Crippen LogP contribution in [0.3, 0.4) is 0 Å². The van der Waals surface area contributed by atoms with Crippen molar-refractivity contribution < 1.29 is 23.1 Å². The highest BCUT2D eigenvalue weighted by atomic mass is 32.1. The molecule has 1 aromatic heterocycles. The molecule has 0 unspecified atom stereocenters. The van der Waals surface area contributed by atoms with Crippen LogP contribution in [-0.2, 0) is 6.18 Å². The molecule has 1 saturated heterocycles. The van der Waals surface area contributed by atoms with Crippen molar-refractivity contribution in [2.75, 3.05) is 18.0 Å². The molecule has 1 aliphatic heterocycles. The molecule has 0 amide bonds. The third-order valence-corrected chi connectivity index (χ3v) is 5.13. The number of oxime groups is 1. The van der Waals surface area contributed by atoms with E-state index in [2.05, 4.69) is 10.1 Å². The summed E-state index contributed by atoms with van der Waals surface area (Å²) in [5.74, 6) is -0.141. The molecule has 1 aliphatic rings. The zero-order chi connectivity index (χ0) is 18.7. The molecule has 0 radical (unpaired) electrons. The summed E-state index contributed by atoms with van der Waals surface area (Å²) in [7, 11) is 0. The second-order valence-electron chi connectivity index (χ2n) is 5.79. The number of hydrogen-bond donors (Lipinski definition) is 2. The van der Waals surface area contributed by atoms with E-state index in [1.54, 1.807) is 0 Å². The van der Waals surface area contributed by atoms with Gasteiger partial charge in [0.1, 0.15) is 11.9 Å². The number of thiazole rings is 1. The number of hydrogen-bond acceptors (Lipinski definition) is 6. The van der Waals surface area contributed by atoms with Crippen molar-refractivity contribution in [3.8, 4) is 5.75 Å². The molecular weight excluding hydrogens is 369 g/mol. The van der Waals surface area contributed by atoms with Gasteiger partial charge in [0.2, 0.25) is 0 Å². The number of rotatable bonds is 4. The fourth-order valence-electron chi connectivity index (χ4n) is 2.73. The SMILES string of the molecule is NC(=NO)c1cnc(N2CCC(Oc3ccccc3C(F)(F)F)CC2)s1. The highest BCUT2D eigenvalue weighted by Crippen LogP contribution is 2.37. The van der Waals surface area contributed by atoms with Crippen molar-refractivity contribution in [2.24, 2.45) is 10.9 Å². The summed E-state index contributed by atoms with van der Waals surface area (Å²) < 4.78 is 44.8. The first-order chi connectivity index (χ1) is 12.4. The lowest BCUT2D eigenvalue weighted by Crippen LogP contribution is -2.38. The van der Waals surface area contributed by atoms with Crippen molar-refractivity contribution >= 4 is 22.3 Å². The first kappa shape index (κ1) is 18.3. The number of ether oxygens (including phenoxy) is 1. The van der Waals surface area contributed by atoms with E-state index in [0.717, 1.165) is 11.2 Å². The molecule has 1 aromatic carbocycles. The van der Waals surface area contributed by atoms with Crippen LogP contribution < -0.4 is 15.4 Å². The predicted molar refractivity (Wildman–Crippen MR) is 91.9 cm³/mol. The van der Waals surface area contributed by atoms with Crippen LogP contribution in [0.2, 0.25) is 0 Å². The fourth-order valence-corrected chi connectivity index (χ4v) is 3.59. The van der Waals surface area contributed by atoms with E-state index in [4.69, 9.17) is 15.7 Å². The topological polar surface area (TPSA) is 84.0 Å². The van der Waals surface area contributed by atoms with Gasteiger partial charge in [-0.15, -0.1) is 0 Å². The van der Waals surface area contributed by atoms with Crippen molar-refractivity contribution in [3.63, 3.8) is 0 Å². The maximum Gasteiger partial charge on any atom is 0.419 e. The summed E-state index contributed by atoms with van der Waals surface area (Å²) in [6.45, 7) is 1.20. The van der Waals surface area contributed by atoms with Crippen LogP contribution in [0.1, 0.15) is 23.3 Å². The molecule has 0 atom stereocenters. The van der Waals surface area contributed by atoms with Crippen LogP contribution >= 0.6 is 11.3 Å². The third-order valence-electron chi connectivity index (χ3n) is 4.05. The third kappa shape index (κ3) is 4.01. The Morgan fingerprint density at radius 3 is 2.65 bits per heavy atom. The van der Waals surface area contributed by atoms with Crippen molar-refractivity contribution in [1.82, 2.24) is 4.98 Å². The predicted octanol–water partition coefficient (Wildman–Crippen LogP) is 3.30. The van der Waals surface area contributed by atoms with Crippen molar-refractivity contribution in [1.29, 1.82) is 0 Å². The number of anilines is 1. The molecule has 26 heavy (non-hydrogen) atoms. The number of alkyl halides is 3. The lowest BCUT2D eigenvalue weighted by atomic mass is 10.1. The molecule has 3 rings (SSSR count). The van der Waals surface area contributed by atoms with E-state index in [0.29, 0.717) is 30.8 Å². The van der Waals surface area contributed by atoms with Crippen LogP contribution in [0.4, 0.5) is 18.3 Å². The van der Waals surface area contributed by atoms with Crippen LogP contribution in [0.5, 0.6) is 5.75 Å². The van der Waals surface area contributed by atoms with E-state index in [1.807, 2.05) is 4.90 Å². The number of aromatic nitrogens is 1. The van der Waals surface area contributed by atoms with Crippen molar-refractivity contribution in [2.45, 2.75) is 25.1 Å². The van der Waals surface area contributed by atoms with E-state index >= 15 is 0 Å². The molecule has 0 spiro atoms. The van der Waals surface area contributed by atoms with E-state index in [9.17, 15) is 13.2 Å². The smallest absolute Gasteiger partial charge is 0.419 e. The maximum atomic E-state index is 13.0. The lowest BCUT2D eigenvalue weighted by molar-refractivity contribution is -0.139. The zero-order valence-electron chi connectivity index (χ0n) is 13.6. The molecule has 140 valence electrons. The Morgan fingerprint density at radius 2 is 2.00 bits per heavy atom. The van der Waals surface area contributed by atoms with E-state index in [1.165, 1.54) is 35.7 Å². The Bertz CT molecular complexity index is 786. The van der Waals surface area contributed by atoms with Gasteiger partial charge in [-0.1, -0.05) is 28.6 Å². The fraction of sp³-hybridized carbons (Fsp3) is 0.375. The van der Waals surface area contributed by atoms with Gasteiger partial charge < -0.3 is 20.6 Å². The van der Waals surface area contributed by atoms with Gasteiger partial charge in [0.15, 0.2) is 11.0 Å². The van der Waals surface area contributed by atoms with Crippen LogP contribution in [-0.4, -0.2) is 35.2 Å². The monoisotopic (exact) mass is 386 g/mol. The molecule has 0 aliphatic carbocycles. The minimum absolute atomic E-state index is 0.00396. The Labute approximate surface area is 151 Å². The second kappa shape index (κ2) is 7.40. The highest BCUT2D eigenvalue weighted by Gasteiger charge is 2.35. The van der Waals surface area contributed by atoms with E-state index < -0.39 is 11.7 Å². The molecule has 2 aromatic rings. The van der Waals surface area contributed by atoms with Gasteiger partial charge in [-0.3, -0.25) is 0 Å². The number of benzene rings is 1. The van der Waals surface area contributed by atoms with Crippen LogP contribution in [0, 0.1) is 0 Å². The Balaban J connectivity index is 1.62. The molecule has 1 fully saturated rings. The number of amidine groups is 1. The number of nitrogens with two attached hydrogens (primary N) is 1. The maximum absolute atomic E-state index is 13.0. The Kier molecular flexibility index (Phi) is 5.21. The Morgan fingerprint density at radius 1 is 1.31 bits per heavy atom. The summed E-state index contributed by atoms with van der Waals surface area (Å²) in [6, 6.07) is 5.25. The van der Waals surface area contributed by atoms with Gasteiger partial charge in [0.05, 0.1) is 16.6 Å². The molecule has 0 bridgehead atoms. The first-order valence-corrected chi connectivity index (χ1v) is 8.71. The molecule has 3 N–H and O–H groups in total. The number of para-hydroxylation sites is 1. The van der Waals surface area contributed by atoms with Gasteiger partial charge >= 0.3 is 6.18 Å². The minimum Gasteiger partial charge on any atom is -0.490 e. The molecule has 10 heteroatoms. The Hall–Kier alpha value is -2.49. The van der Waals surface area contributed by atoms with Gasteiger partial charge in [-0.25, -0.2) is 4.98 Å². The van der Waals surface area contributed by atoms with E-state index in [-0.39, 0.29) is 17.7 Å². The number of halogens is 3. The summed E-state index contributed by atoms with van der Waals surface area (Å²) in [5.41, 5.74) is 4.78. The average molecular weight is 386 g/mol. The van der Waals surface area contributed by atoms with Gasteiger partial charge in [-0.2, -0.15) is 13.2 Å². The van der Waals surface area contributed by atoms with Crippen molar-refractivity contribution in [3.05, 3.63) is 40.9 Å². The minimum atomic E-state index is -4.44. The summed E-state index contributed by atoms with van der Waals surface area (Å²) in [6.07, 6.45) is -2.06. The van der Waals surface area contributed by atoms with Crippen LogP contribution in [0.15, 0.2) is 35.6 Å². The average Bonchev–Trinajstić information content (AvgIpc) is 3.11. The summed E-state index contributed by atoms with van der Waals surface area (Å²) in [4.78, 5) is 6.81. The molecule has 0 saturated carbocycles. The summed E-state index contributed by atoms with van der Waals surface area (Å²) >= 11 is 1.29. The van der Waals surface area contributed by atoms with Gasteiger partial charge in [-0.05, 0) is 12.1 Å². The number of piperidine rings is 1. The molecular formula is C16H17F3N4O2S. The standard InChI is InChI=1S/C16H17F3N4O2S/c17-16(18,19)11-3-1-2-4-12(11)25-10-5-7-23(8-6-10)15-21-9-13(26-15)14(20)22-24/h1-4,9-10,24H,5-8H2,(H2,20,22). The quantitative estimate of drug-likeness (QED) is 0.365. The zero-order valence-corrected chi connectivity index (χ0v) is 14.4. The highest BCUT2D eigenvalue weighted by molar-refractivity contribution is 7.17. The number of nitrogens with zero attached hydrogens (tertiary/aromatic N) is 3. The second-order valence-corrected chi connectivity index (χ2v) is 6.80. The summed E-state index contributed by atoms with van der Waals surface area (Å²) in [5, 5.41) is 12.4. The normalized spacial score (nSPS) is 16.7. The van der Waals surface area contributed by atoms with Gasteiger partial charge in [0, 0.05) is 25.9 Å². The largest absolute Gasteiger partial charge is 0.490 e. The molecule has 2 heterocycles. The van der Waals surface area contributed by atoms with Crippen LogP contribution in [0.25, 0.3) is 0 Å². The first-order valence-electron chi connectivity index (χ1n) is 7.90. The molecule has 6 nitrogen and oxygen atoms in total.